The van der Waals surface area contributed by atoms with Crippen LogP contribution < -0.4 is 15.1 Å². The van der Waals surface area contributed by atoms with Gasteiger partial charge in [-0.1, -0.05) is 12.1 Å². The predicted octanol–water partition coefficient (Wildman–Crippen LogP) is 4.12. The summed E-state index contributed by atoms with van der Waals surface area (Å²) < 4.78 is 24.7. The molecule has 4 heterocycles. The molecule has 0 aliphatic carbocycles. The van der Waals surface area contributed by atoms with E-state index < -0.39 is 5.82 Å². The molecule has 2 aromatic carbocycles. The largest absolute Gasteiger partial charge is 0.487 e. The Morgan fingerprint density at radius 2 is 1.97 bits per heavy atom. The van der Waals surface area contributed by atoms with Crippen molar-refractivity contribution in [3.05, 3.63) is 52.6 Å². The van der Waals surface area contributed by atoms with Crippen LogP contribution in [0.4, 0.5) is 10.1 Å². The second-order valence-corrected chi connectivity index (χ2v) is 9.68. The minimum atomic E-state index is -0.406. The molecule has 4 aromatic rings. The summed E-state index contributed by atoms with van der Waals surface area (Å²) in [4.78, 5) is 22.5. The molecular weight excluding hydrogens is 427 g/mol. The number of nitrogens with zero attached hydrogens (tertiary/aromatic N) is 4. The molecule has 164 valence electrons. The highest BCUT2D eigenvalue weighted by Crippen LogP contribution is 2.43. The maximum Gasteiger partial charge on any atom is 0.199 e. The van der Waals surface area contributed by atoms with Crippen molar-refractivity contribution in [3.8, 4) is 16.3 Å². The molecule has 6 nitrogen and oxygen atoms in total. The van der Waals surface area contributed by atoms with E-state index in [1.165, 1.54) is 17.4 Å². The van der Waals surface area contributed by atoms with Crippen molar-refractivity contribution in [3.63, 3.8) is 0 Å². The standard InChI is InChI=1S/C24H23FN4O2S/c1-14-13-31-23-20-15(11-17(25)21(23)28-9-7-27(2)8-10-28)22(30)16(12-29(14)20)24-26-18-5-3-4-6-19(18)32-24/h3-6,11-12,14H,7-10,13H2,1-2H3/t14-/m0/s1. The van der Waals surface area contributed by atoms with Crippen molar-refractivity contribution in [2.24, 2.45) is 0 Å². The smallest absolute Gasteiger partial charge is 0.199 e. The van der Waals surface area contributed by atoms with E-state index in [-0.39, 0.29) is 11.5 Å². The zero-order valence-electron chi connectivity index (χ0n) is 18.0. The fourth-order valence-electron chi connectivity index (χ4n) is 4.68. The number of ether oxygens (including phenoxy) is 1. The molecule has 1 fully saturated rings. The number of fused-ring (bicyclic) bond motifs is 1. The first kappa shape index (κ1) is 19.7. The van der Waals surface area contributed by atoms with Crippen LogP contribution in [0.3, 0.4) is 0 Å². The fraction of sp³-hybridized carbons (Fsp3) is 0.333. The number of aromatic nitrogens is 2. The minimum absolute atomic E-state index is 0.0181. The summed E-state index contributed by atoms with van der Waals surface area (Å²) in [5.74, 6) is 0.0762. The molecule has 0 spiro atoms. The molecule has 0 N–H and O–H groups in total. The summed E-state index contributed by atoms with van der Waals surface area (Å²) in [5.41, 5.74) is 2.30. The van der Waals surface area contributed by atoms with Crippen molar-refractivity contribution in [1.82, 2.24) is 14.5 Å². The first-order valence-electron chi connectivity index (χ1n) is 10.8. The van der Waals surface area contributed by atoms with E-state index in [9.17, 15) is 4.79 Å². The number of hydrogen-bond donors (Lipinski definition) is 0. The van der Waals surface area contributed by atoms with Crippen LogP contribution in [-0.2, 0) is 0 Å². The first-order valence-corrected chi connectivity index (χ1v) is 11.7. The van der Waals surface area contributed by atoms with Gasteiger partial charge in [0.2, 0.25) is 0 Å². The molecule has 2 aliphatic rings. The average Bonchev–Trinajstić information content (AvgIpc) is 3.22. The van der Waals surface area contributed by atoms with Crippen LogP contribution in [0.15, 0.2) is 41.3 Å². The van der Waals surface area contributed by atoms with Crippen LogP contribution in [-0.4, -0.2) is 54.3 Å². The number of pyridine rings is 1. The van der Waals surface area contributed by atoms with Crippen molar-refractivity contribution in [1.29, 1.82) is 0 Å². The number of thiazole rings is 1. The van der Waals surface area contributed by atoms with Crippen LogP contribution in [0.2, 0.25) is 0 Å². The number of benzene rings is 2. The van der Waals surface area contributed by atoms with E-state index >= 15 is 4.39 Å². The van der Waals surface area contributed by atoms with Gasteiger partial charge in [-0.2, -0.15) is 0 Å². The predicted molar refractivity (Wildman–Crippen MR) is 127 cm³/mol. The Balaban J connectivity index is 1.60. The lowest BCUT2D eigenvalue weighted by molar-refractivity contribution is 0.245. The van der Waals surface area contributed by atoms with Gasteiger partial charge in [0, 0.05) is 32.4 Å². The highest BCUT2D eigenvalue weighted by Gasteiger charge is 2.30. The summed E-state index contributed by atoms with van der Waals surface area (Å²) in [5, 5.41) is 1.00. The number of likely N-dealkylation sites (N-methyl/N-ethyl adjacent to an activating group) is 1. The number of piperazine rings is 1. The first-order chi connectivity index (χ1) is 15.5. The number of hydrogen-bond acceptors (Lipinski definition) is 6. The van der Waals surface area contributed by atoms with E-state index in [0.717, 1.165) is 36.4 Å². The van der Waals surface area contributed by atoms with Gasteiger partial charge in [0.1, 0.15) is 17.3 Å². The quantitative estimate of drug-likeness (QED) is 0.460. The summed E-state index contributed by atoms with van der Waals surface area (Å²) >= 11 is 1.48. The molecule has 1 atom stereocenters. The lowest BCUT2D eigenvalue weighted by Gasteiger charge is -2.37. The summed E-state index contributed by atoms with van der Waals surface area (Å²) in [6.45, 7) is 5.63. The van der Waals surface area contributed by atoms with E-state index in [1.807, 2.05) is 42.3 Å². The number of halogens is 1. The summed E-state index contributed by atoms with van der Waals surface area (Å²) in [6.07, 6.45) is 1.88. The lowest BCUT2D eigenvalue weighted by Crippen LogP contribution is -2.45. The molecule has 0 radical (unpaired) electrons. The van der Waals surface area contributed by atoms with Gasteiger partial charge in [-0.3, -0.25) is 4.79 Å². The maximum atomic E-state index is 15.5. The summed E-state index contributed by atoms with van der Waals surface area (Å²) in [7, 11) is 2.07. The van der Waals surface area contributed by atoms with Crippen LogP contribution in [0.25, 0.3) is 31.7 Å². The molecule has 2 aliphatic heterocycles. The average molecular weight is 451 g/mol. The zero-order valence-corrected chi connectivity index (χ0v) is 18.8. The van der Waals surface area contributed by atoms with Gasteiger partial charge in [-0.25, -0.2) is 9.37 Å². The Hall–Kier alpha value is -2.97. The molecule has 8 heteroatoms. The van der Waals surface area contributed by atoms with Crippen molar-refractivity contribution in [2.45, 2.75) is 13.0 Å². The topological polar surface area (TPSA) is 50.6 Å². The number of rotatable bonds is 2. The van der Waals surface area contributed by atoms with E-state index in [1.54, 1.807) is 0 Å². The molecule has 1 saturated heterocycles. The van der Waals surface area contributed by atoms with E-state index in [0.29, 0.717) is 39.5 Å². The zero-order chi connectivity index (χ0) is 22.0. The molecule has 2 aromatic heterocycles. The van der Waals surface area contributed by atoms with Crippen LogP contribution in [0, 0.1) is 5.82 Å². The Bertz CT molecular complexity index is 1390. The molecule has 0 saturated carbocycles. The van der Waals surface area contributed by atoms with E-state index in [2.05, 4.69) is 21.5 Å². The number of anilines is 1. The Kier molecular flexibility index (Phi) is 4.48. The monoisotopic (exact) mass is 450 g/mol. The normalized spacial score (nSPS) is 19.0. The van der Waals surface area contributed by atoms with Gasteiger partial charge in [0.05, 0.1) is 32.7 Å². The number of para-hydroxylation sites is 1. The van der Waals surface area contributed by atoms with Gasteiger partial charge >= 0.3 is 0 Å². The minimum Gasteiger partial charge on any atom is -0.487 e. The Labute approximate surface area is 188 Å². The second-order valence-electron chi connectivity index (χ2n) is 8.65. The van der Waals surface area contributed by atoms with Crippen LogP contribution in [0.5, 0.6) is 5.75 Å². The van der Waals surface area contributed by atoms with Gasteiger partial charge < -0.3 is 19.1 Å². The second kappa shape index (κ2) is 7.28. The third-order valence-corrected chi connectivity index (χ3v) is 7.56. The van der Waals surface area contributed by atoms with Crippen molar-refractivity contribution >= 4 is 38.1 Å². The molecule has 0 amide bonds. The molecule has 32 heavy (non-hydrogen) atoms. The molecule has 0 bridgehead atoms. The van der Waals surface area contributed by atoms with Gasteiger partial charge in [0.15, 0.2) is 17.0 Å². The highest BCUT2D eigenvalue weighted by atomic mass is 32.1. The van der Waals surface area contributed by atoms with Gasteiger partial charge in [-0.15, -0.1) is 11.3 Å². The Morgan fingerprint density at radius 1 is 1.19 bits per heavy atom. The van der Waals surface area contributed by atoms with Gasteiger partial charge in [0.25, 0.3) is 0 Å². The third kappa shape index (κ3) is 2.93. The SMILES string of the molecule is C[C@H]1COc2c(N3CCN(C)CC3)c(F)cc3c(=O)c(-c4nc5ccccc5s4)cn1c23. The molecular formula is C24H23FN4O2S. The molecule has 6 rings (SSSR count). The van der Waals surface area contributed by atoms with E-state index in [4.69, 9.17) is 4.74 Å². The van der Waals surface area contributed by atoms with Gasteiger partial charge in [-0.05, 0) is 32.2 Å². The highest BCUT2D eigenvalue weighted by molar-refractivity contribution is 7.21. The lowest BCUT2D eigenvalue weighted by atomic mass is 10.1. The van der Waals surface area contributed by atoms with Crippen molar-refractivity contribution in [2.75, 3.05) is 44.7 Å². The molecule has 0 unspecified atom stereocenters. The summed E-state index contributed by atoms with van der Waals surface area (Å²) in [6, 6.07) is 9.24. The third-order valence-electron chi connectivity index (χ3n) is 6.49. The van der Waals surface area contributed by atoms with Crippen LogP contribution >= 0.6 is 11.3 Å². The van der Waals surface area contributed by atoms with Crippen LogP contribution in [0.1, 0.15) is 13.0 Å². The fourth-order valence-corrected chi connectivity index (χ4v) is 5.65. The Morgan fingerprint density at radius 3 is 2.75 bits per heavy atom. The van der Waals surface area contributed by atoms with Crippen molar-refractivity contribution < 1.29 is 9.13 Å². The maximum absolute atomic E-state index is 15.5.